The predicted octanol–water partition coefficient (Wildman–Crippen LogP) is 2.45. The van der Waals surface area contributed by atoms with Gasteiger partial charge in [-0.15, -0.1) is 0 Å². The second-order valence-corrected chi connectivity index (χ2v) is 7.96. The van der Waals surface area contributed by atoms with Gasteiger partial charge in [-0.3, -0.25) is 9.59 Å². The Hall–Kier alpha value is -2.94. The van der Waals surface area contributed by atoms with Gasteiger partial charge in [0.1, 0.15) is 29.9 Å². The number of carbonyl (C=O) groups is 2. The average Bonchev–Trinajstić information content (AvgIpc) is 3.26. The third-order valence-corrected chi connectivity index (χ3v) is 6.25. The summed E-state index contributed by atoms with van der Waals surface area (Å²) in [5, 5.41) is 0. The predicted molar refractivity (Wildman–Crippen MR) is 100.0 cm³/mol. The van der Waals surface area contributed by atoms with Crippen LogP contribution in [0.2, 0.25) is 0 Å². The first-order chi connectivity index (χ1) is 14.5. The van der Waals surface area contributed by atoms with E-state index < -0.39 is 29.5 Å². The van der Waals surface area contributed by atoms with Crippen LogP contribution in [0.25, 0.3) is 0 Å². The Balaban J connectivity index is 1.32. The highest BCUT2D eigenvalue weighted by Gasteiger charge is 2.58. The number of ether oxygens (including phenoxy) is 1. The quantitative estimate of drug-likeness (QED) is 0.755. The molecule has 1 spiro atoms. The van der Waals surface area contributed by atoms with Crippen LogP contribution in [0.5, 0.6) is 0 Å². The van der Waals surface area contributed by atoms with Gasteiger partial charge in [0.15, 0.2) is 5.60 Å². The van der Waals surface area contributed by atoms with Crippen molar-refractivity contribution in [1.82, 2.24) is 19.8 Å². The summed E-state index contributed by atoms with van der Waals surface area (Å²) in [7, 11) is 0. The molecule has 0 bridgehead atoms. The van der Waals surface area contributed by atoms with Crippen molar-refractivity contribution < 1.29 is 23.1 Å². The van der Waals surface area contributed by atoms with Crippen LogP contribution < -0.4 is 0 Å². The van der Waals surface area contributed by atoms with Crippen molar-refractivity contribution in [3.63, 3.8) is 0 Å². The van der Waals surface area contributed by atoms with Gasteiger partial charge >= 0.3 is 0 Å². The van der Waals surface area contributed by atoms with Gasteiger partial charge in [0.25, 0.3) is 11.8 Å². The van der Waals surface area contributed by atoms with Gasteiger partial charge in [0.2, 0.25) is 0 Å². The molecule has 1 aromatic heterocycles. The Kier molecular flexibility index (Phi) is 4.50. The van der Waals surface area contributed by atoms with E-state index in [0.717, 1.165) is 6.07 Å². The second-order valence-electron chi connectivity index (χ2n) is 7.96. The Labute approximate surface area is 171 Å². The number of hydrogen-bond donors (Lipinski definition) is 0. The molecule has 30 heavy (non-hydrogen) atoms. The van der Waals surface area contributed by atoms with E-state index in [2.05, 4.69) is 9.97 Å². The van der Waals surface area contributed by atoms with Crippen LogP contribution in [-0.2, 0) is 9.53 Å². The van der Waals surface area contributed by atoms with Crippen molar-refractivity contribution in [2.75, 3.05) is 13.1 Å². The number of amides is 2. The fourth-order valence-electron chi connectivity index (χ4n) is 4.79. The van der Waals surface area contributed by atoms with Crippen molar-refractivity contribution in [2.45, 2.75) is 43.6 Å². The molecule has 5 rings (SSSR count). The van der Waals surface area contributed by atoms with Crippen LogP contribution in [0.3, 0.4) is 0 Å². The Morgan fingerprint density at radius 2 is 1.87 bits per heavy atom. The molecule has 7 nitrogen and oxygen atoms in total. The molecule has 0 radical (unpaired) electrons. The maximum Gasteiger partial charge on any atom is 0.272 e. The topological polar surface area (TPSA) is 75.6 Å². The molecule has 2 aromatic rings. The highest BCUT2D eigenvalue weighted by atomic mass is 19.1. The molecular formula is C21H20F2N4O3. The van der Waals surface area contributed by atoms with Gasteiger partial charge < -0.3 is 14.5 Å². The van der Waals surface area contributed by atoms with Crippen molar-refractivity contribution in [3.8, 4) is 0 Å². The highest BCUT2D eigenvalue weighted by Crippen LogP contribution is 2.47. The average molecular weight is 414 g/mol. The number of aromatic nitrogens is 2. The molecule has 0 saturated carbocycles. The van der Waals surface area contributed by atoms with E-state index in [1.807, 2.05) is 0 Å². The normalized spacial score (nSPS) is 25.1. The SMILES string of the molecule is O=C(c1ccncn1)N1CCC2(CC1)O[C@@H]1CC[C@@H](c3cc(F)cc(F)c3)N1C2=O. The van der Waals surface area contributed by atoms with E-state index in [9.17, 15) is 18.4 Å². The summed E-state index contributed by atoms with van der Waals surface area (Å²) in [5.74, 6) is -1.68. The second kappa shape index (κ2) is 7.09. The smallest absolute Gasteiger partial charge is 0.272 e. The molecule has 3 aliphatic rings. The molecule has 0 aliphatic carbocycles. The van der Waals surface area contributed by atoms with Crippen molar-refractivity contribution >= 4 is 11.8 Å². The lowest BCUT2D eigenvalue weighted by Gasteiger charge is -2.37. The van der Waals surface area contributed by atoms with Crippen LogP contribution in [-0.4, -0.2) is 56.5 Å². The Morgan fingerprint density at radius 1 is 1.13 bits per heavy atom. The fourth-order valence-corrected chi connectivity index (χ4v) is 4.79. The summed E-state index contributed by atoms with van der Waals surface area (Å²) in [6.45, 7) is 0.739. The number of benzene rings is 1. The molecule has 3 fully saturated rings. The minimum Gasteiger partial charge on any atom is -0.342 e. The minimum atomic E-state index is -0.988. The van der Waals surface area contributed by atoms with E-state index >= 15 is 0 Å². The molecule has 2 atom stereocenters. The highest BCUT2D eigenvalue weighted by molar-refractivity contribution is 5.93. The summed E-state index contributed by atoms with van der Waals surface area (Å²) in [4.78, 5) is 37.1. The number of fused-ring (bicyclic) bond motifs is 1. The van der Waals surface area contributed by atoms with Gasteiger partial charge in [-0.25, -0.2) is 18.7 Å². The first kappa shape index (κ1) is 19.0. The molecule has 2 amide bonds. The third kappa shape index (κ3) is 3.04. The van der Waals surface area contributed by atoms with Gasteiger partial charge in [-0.1, -0.05) is 0 Å². The monoisotopic (exact) mass is 414 g/mol. The standard InChI is InChI=1S/C21H20F2N4O3/c22-14-9-13(10-15(23)11-14)17-1-2-18-27(17)20(29)21(30-18)4-7-26(8-5-21)19(28)16-3-6-24-12-25-16/h3,6,9-12,17-18H,1-2,4-5,7-8H2/t17-,18+/m0/s1. The van der Waals surface area contributed by atoms with Gasteiger partial charge in [0.05, 0.1) is 6.04 Å². The number of hydrogen-bond acceptors (Lipinski definition) is 5. The van der Waals surface area contributed by atoms with E-state index in [1.54, 1.807) is 15.9 Å². The molecule has 1 aromatic carbocycles. The Morgan fingerprint density at radius 3 is 2.53 bits per heavy atom. The molecule has 0 N–H and O–H groups in total. The molecular weight excluding hydrogens is 394 g/mol. The number of likely N-dealkylation sites (tertiary alicyclic amines) is 1. The van der Waals surface area contributed by atoms with Crippen molar-refractivity contribution in [2.24, 2.45) is 0 Å². The molecule has 4 heterocycles. The molecule has 156 valence electrons. The number of halogens is 2. The zero-order valence-electron chi connectivity index (χ0n) is 16.1. The summed E-state index contributed by atoms with van der Waals surface area (Å²) >= 11 is 0. The maximum atomic E-state index is 13.7. The number of rotatable bonds is 2. The minimum absolute atomic E-state index is 0.159. The third-order valence-electron chi connectivity index (χ3n) is 6.25. The maximum absolute atomic E-state index is 13.7. The number of piperidine rings is 1. The van der Waals surface area contributed by atoms with E-state index in [4.69, 9.17) is 4.74 Å². The summed E-state index contributed by atoms with van der Waals surface area (Å²) in [6.07, 6.45) is 4.39. The van der Waals surface area contributed by atoms with Gasteiger partial charge in [-0.05, 0) is 36.6 Å². The van der Waals surface area contributed by atoms with E-state index in [0.29, 0.717) is 50.0 Å². The van der Waals surface area contributed by atoms with Crippen LogP contribution in [0.15, 0.2) is 36.8 Å². The van der Waals surface area contributed by atoms with E-state index in [-0.39, 0.29) is 11.8 Å². The van der Waals surface area contributed by atoms with Crippen LogP contribution in [0, 0.1) is 11.6 Å². The largest absolute Gasteiger partial charge is 0.342 e. The molecule has 3 aliphatic heterocycles. The fraction of sp³-hybridized carbons (Fsp3) is 0.429. The molecule has 0 unspecified atom stereocenters. The number of nitrogens with zero attached hydrogens (tertiary/aromatic N) is 4. The van der Waals surface area contributed by atoms with Gasteiger partial charge in [-0.2, -0.15) is 0 Å². The van der Waals surface area contributed by atoms with Crippen molar-refractivity contribution in [1.29, 1.82) is 0 Å². The van der Waals surface area contributed by atoms with Gasteiger partial charge in [0, 0.05) is 38.2 Å². The van der Waals surface area contributed by atoms with Crippen LogP contribution >= 0.6 is 0 Å². The lowest BCUT2D eigenvalue weighted by atomic mass is 9.89. The lowest BCUT2D eigenvalue weighted by Crippen LogP contribution is -2.51. The first-order valence-electron chi connectivity index (χ1n) is 9.99. The molecule has 3 saturated heterocycles. The zero-order chi connectivity index (χ0) is 20.9. The summed E-state index contributed by atoms with van der Waals surface area (Å²) in [5.41, 5.74) is -0.230. The molecule has 9 heteroatoms. The van der Waals surface area contributed by atoms with Crippen LogP contribution in [0.4, 0.5) is 8.78 Å². The summed E-state index contributed by atoms with van der Waals surface area (Å²) in [6, 6.07) is 4.52. The Bertz CT molecular complexity index is 975. The van der Waals surface area contributed by atoms with Crippen LogP contribution in [0.1, 0.15) is 47.8 Å². The summed E-state index contributed by atoms with van der Waals surface area (Å²) < 4.78 is 33.6. The number of carbonyl (C=O) groups excluding carboxylic acids is 2. The lowest BCUT2D eigenvalue weighted by molar-refractivity contribution is -0.142. The van der Waals surface area contributed by atoms with Crippen molar-refractivity contribution in [3.05, 3.63) is 59.7 Å². The van der Waals surface area contributed by atoms with E-state index in [1.165, 1.54) is 24.7 Å². The zero-order valence-corrected chi connectivity index (χ0v) is 16.1. The first-order valence-corrected chi connectivity index (χ1v) is 9.99.